The first kappa shape index (κ1) is 18.8. The third kappa shape index (κ3) is 3.48. The van der Waals surface area contributed by atoms with Gasteiger partial charge in [0, 0.05) is 23.4 Å². The first-order valence-electron chi connectivity index (χ1n) is 9.59. The average molecular weight is 418 g/mol. The van der Waals surface area contributed by atoms with E-state index >= 15 is 0 Å². The predicted octanol–water partition coefficient (Wildman–Crippen LogP) is 3.58. The van der Waals surface area contributed by atoms with Crippen LogP contribution in [0, 0.1) is 0 Å². The molecule has 2 amide bonds. The predicted molar refractivity (Wildman–Crippen MR) is 113 cm³/mol. The lowest BCUT2D eigenvalue weighted by Gasteiger charge is -2.11. The molecule has 0 spiro atoms. The molecule has 156 valence electrons. The highest BCUT2D eigenvalue weighted by molar-refractivity contribution is 6.39. The van der Waals surface area contributed by atoms with Crippen molar-refractivity contribution in [3.8, 4) is 17.2 Å². The Balaban J connectivity index is 1.32. The Bertz CT molecular complexity index is 1330. The fraction of sp³-hybridized carbons (Fsp3) is 0.130. The molecule has 1 aliphatic rings. The molecule has 0 fully saturated rings. The fourth-order valence-electron chi connectivity index (χ4n) is 3.51. The summed E-state index contributed by atoms with van der Waals surface area (Å²) < 4.78 is 21.8. The van der Waals surface area contributed by atoms with Gasteiger partial charge < -0.3 is 29.3 Å². The van der Waals surface area contributed by atoms with Crippen LogP contribution in [0.2, 0.25) is 0 Å². The maximum absolute atomic E-state index is 12.4. The molecule has 0 radical (unpaired) electrons. The Labute approximate surface area is 176 Å². The third-order valence-electron chi connectivity index (χ3n) is 5.04. The number of methoxy groups -OCH3 is 1. The Morgan fingerprint density at radius 1 is 0.935 bits per heavy atom. The molecule has 0 saturated carbocycles. The van der Waals surface area contributed by atoms with E-state index in [1.807, 2.05) is 24.3 Å². The van der Waals surface area contributed by atoms with Crippen molar-refractivity contribution in [3.63, 3.8) is 0 Å². The van der Waals surface area contributed by atoms with E-state index in [4.69, 9.17) is 18.6 Å². The second-order valence-electron chi connectivity index (χ2n) is 6.97. The van der Waals surface area contributed by atoms with E-state index in [0.717, 1.165) is 21.9 Å². The SMILES string of the molecule is COc1cc2c(cc1NC(=O)C(=O)NCc1ccc3c(c1)OCO3)oc1ccccc12. The normalized spacial score (nSPS) is 12.2. The maximum Gasteiger partial charge on any atom is 0.313 e. The highest BCUT2D eigenvalue weighted by Gasteiger charge is 2.19. The summed E-state index contributed by atoms with van der Waals surface area (Å²) in [6, 6.07) is 16.4. The van der Waals surface area contributed by atoms with Crippen molar-refractivity contribution in [2.24, 2.45) is 0 Å². The minimum absolute atomic E-state index is 0.169. The van der Waals surface area contributed by atoms with E-state index in [0.29, 0.717) is 28.5 Å². The van der Waals surface area contributed by atoms with Crippen LogP contribution in [-0.2, 0) is 16.1 Å². The molecule has 2 N–H and O–H groups in total. The monoisotopic (exact) mass is 418 g/mol. The first-order chi connectivity index (χ1) is 15.1. The van der Waals surface area contributed by atoms with Gasteiger partial charge in [0.05, 0.1) is 12.8 Å². The van der Waals surface area contributed by atoms with Crippen LogP contribution in [0.1, 0.15) is 5.56 Å². The van der Waals surface area contributed by atoms with Crippen molar-refractivity contribution in [2.75, 3.05) is 19.2 Å². The Morgan fingerprint density at radius 3 is 2.65 bits per heavy atom. The Morgan fingerprint density at radius 2 is 1.77 bits per heavy atom. The lowest BCUT2D eigenvalue weighted by atomic mass is 10.1. The zero-order valence-electron chi connectivity index (χ0n) is 16.6. The molecule has 0 bridgehead atoms. The van der Waals surface area contributed by atoms with Crippen LogP contribution in [-0.4, -0.2) is 25.7 Å². The van der Waals surface area contributed by atoms with Crippen LogP contribution in [0.25, 0.3) is 21.9 Å². The van der Waals surface area contributed by atoms with Crippen LogP contribution in [0.3, 0.4) is 0 Å². The van der Waals surface area contributed by atoms with Crippen molar-refractivity contribution in [2.45, 2.75) is 6.54 Å². The van der Waals surface area contributed by atoms with Crippen molar-refractivity contribution >= 4 is 39.4 Å². The van der Waals surface area contributed by atoms with Crippen molar-refractivity contribution in [3.05, 3.63) is 60.2 Å². The zero-order chi connectivity index (χ0) is 21.4. The lowest BCUT2D eigenvalue weighted by molar-refractivity contribution is -0.136. The van der Waals surface area contributed by atoms with Gasteiger partial charge in [0.15, 0.2) is 11.5 Å². The minimum atomic E-state index is -0.811. The number of fused-ring (bicyclic) bond motifs is 4. The number of ether oxygens (including phenoxy) is 3. The number of anilines is 1. The molecule has 3 aromatic carbocycles. The van der Waals surface area contributed by atoms with E-state index < -0.39 is 11.8 Å². The third-order valence-corrected chi connectivity index (χ3v) is 5.04. The van der Waals surface area contributed by atoms with E-state index in [1.54, 1.807) is 30.3 Å². The molecule has 8 nitrogen and oxygen atoms in total. The smallest absolute Gasteiger partial charge is 0.313 e. The van der Waals surface area contributed by atoms with Crippen LogP contribution in [0.15, 0.2) is 59.0 Å². The van der Waals surface area contributed by atoms with E-state index in [-0.39, 0.29) is 13.3 Å². The number of amides is 2. The first-order valence-corrected chi connectivity index (χ1v) is 9.59. The molecular weight excluding hydrogens is 400 g/mol. The summed E-state index contributed by atoms with van der Waals surface area (Å²) in [4.78, 5) is 24.8. The topological polar surface area (TPSA) is 99.0 Å². The van der Waals surface area contributed by atoms with Crippen LogP contribution in [0.4, 0.5) is 5.69 Å². The number of rotatable bonds is 4. The summed E-state index contributed by atoms with van der Waals surface area (Å²) in [6.45, 7) is 0.341. The Kier molecular flexibility index (Phi) is 4.59. The number of benzene rings is 3. The number of hydrogen-bond donors (Lipinski definition) is 2. The molecule has 1 aliphatic heterocycles. The van der Waals surface area contributed by atoms with Gasteiger partial charge in [-0.15, -0.1) is 0 Å². The summed E-state index contributed by atoms with van der Waals surface area (Å²) in [7, 11) is 1.50. The van der Waals surface area contributed by atoms with Gasteiger partial charge in [0.2, 0.25) is 6.79 Å². The molecule has 2 heterocycles. The van der Waals surface area contributed by atoms with Gasteiger partial charge in [-0.1, -0.05) is 24.3 Å². The fourth-order valence-corrected chi connectivity index (χ4v) is 3.51. The van der Waals surface area contributed by atoms with Gasteiger partial charge in [-0.25, -0.2) is 0 Å². The Hall–Kier alpha value is -4.20. The molecule has 31 heavy (non-hydrogen) atoms. The maximum atomic E-state index is 12.4. The summed E-state index contributed by atoms with van der Waals surface area (Å²) in [5, 5.41) is 6.99. The second-order valence-corrected chi connectivity index (χ2v) is 6.97. The molecule has 0 aliphatic carbocycles. The number of furan rings is 1. The number of para-hydroxylation sites is 1. The summed E-state index contributed by atoms with van der Waals surface area (Å²) >= 11 is 0. The largest absolute Gasteiger partial charge is 0.495 e. The highest BCUT2D eigenvalue weighted by Crippen LogP contribution is 2.36. The summed E-state index contributed by atoms with van der Waals surface area (Å²) in [5.74, 6) is 0.107. The lowest BCUT2D eigenvalue weighted by Crippen LogP contribution is -2.35. The molecule has 8 heteroatoms. The van der Waals surface area contributed by atoms with E-state index in [2.05, 4.69) is 10.6 Å². The van der Waals surface area contributed by atoms with E-state index in [9.17, 15) is 9.59 Å². The van der Waals surface area contributed by atoms with Crippen LogP contribution in [0.5, 0.6) is 17.2 Å². The number of hydrogen-bond acceptors (Lipinski definition) is 6. The standard InChI is InChI=1S/C23H18N2O6/c1-28-20-9-15-14-4-2-3-5-17(14)31-19(15)10-16(20)25-23(27)22(26)24-11-13-6-7-18-21(8-13)30-12-29-18/h2-10H,11-12H2,1H3,(H,24,26)(H,25,27). The highest BCUT2D eigenvalue weighted by atomic mass is 16.7. The van der Waals surface area contributed by atoms with Gasteiger partial charge in [-0.3, -0.25) is 9.59 Å². The van der Waals surface area contributed by atoms with Gasteiger partial charge in [-0.2, -0.15) is 0 Å². The molecule has 1 aromatic heterocycles. The van der Waals surface area contributed by atoms with Crippen LogP contribution >= 0.6 is 0 Å². The number of carbonyl (C=O) groups excluding carboxylic acids is 2. The minimum Gasteiger partial charge on any atom is -0.495 e. The summed E-state index contributed by atoms with van der Waals surface area (Å²) in [5.41, 5.74) is 2.44. The van der Waals surface area contributed by atoms with Crippen molar-refractivity contribution < 1.29 is 28.2 Å². The second kappa shape index (κ2) is 7.56. The summed E-state index contributed by atoms with van der Waals surface area (Å²) in [6.07, 6.45) is 0. The zero-order valence-corrected chi connectivity index (χ0v) is 16.6. The number of carbonyl (C=O) groups is 2. The van der Waals surface area contributed by atoms with Gasteiger partial charge in [0.25, 0.3) is 0 Å². The van der Waals surface area contributed by atoms with E-state index in [1.165, 1.54) is 7.11 Å². The average Bonchev–Trinajstić information content (AvgIpc) is 3.40. The quantitative estimate of drug-likeness (QED) is 0.492. The number of nitrogens with one attached hydrogen (secondary N) is 2. The molecule has 0 atom stereocenters. The molecule has 4 aromatic rings. The molecule has 5 rings (SSSR count). The van der Waals surface area contributed by atoms with Crippen molar-refractivity contribution in [1.29, 1.82) is 0 Å². The van der Waals surface area contributed by atoms with Gasteiger partial charge in [0.1, 0.15) is 16.9 Å². The van der Waals surface area contributed by atoms with Crippen LogP contribution < -0.4 is 24.8 Å². The molecular formula is C23H18N2O6. The van der Waals surface area contributed by atoms with Gasteiger partial charge in [-0.05, 0) is 29.8 Å². The van der Waals surface area contributed by atoms with Crippen molar-refractivity contribution in [1.82, 2.24) is 5.32 Å². The molecule has 0 unspecified atom stereocenters. The van der Waals surface area contributed by atoms with Gasteiger partial charge >= 0.3 is 11.8 Å². The molecule has 0 saturated heterocycles.